The summed E-state index contributed by atoms with van der Waals surface area (Å²) in [6.07, 6.45) is 0.980. The van der Waals surface area contributed by atoms with E-state index in [1.165, 1.54) is 5.56 Å². The summed E-state index contributed by atoms with van der Waals surface area (Å²) < 4.78 is 5.91. The van der Waals surface area contributed by atoms with Crippen LogP contribution in [0.15, 0.2) is 24.3 Å². The fourth-order valence-corrected chi connectivity index (χ4v) is 3.84. The smallest absolute Gasteiger partial charge is 0.240 e. The van der Waals surface area contributed by atoms with E-state index in [-0.39, 0.29) is 6.04 Å². The first-order valence-corrected chi connectivity index (χ1v) is 9.51. The Bertz CT molecular complexity index is 582. The quantitative estimate of drug-likeness (QED) is 0.790. The summed E-state index contributed by atoms with van der Waals surface area (Å²) in [5, 5.41) is 0. The minimum atomic E-state index is 0.104. The second-order valence-electron chi connectivity index (χ2n) is 7.42. The number of hydrogen-bond donors (Lipinski definition) is 0. The molecule has 1 atom stereocenters. The van der Waals surface area contributed by atoms with Gasteiger partial charge in [-0.05, 0) is 38.8 Å². The zero-order chi connectivity index (χ0) is 17.8. The van der Waals surface area contributed by atoms with E-state index in [4.69, 9.17) is 4.74 Å². The van der Waals surface area contributed by atoms with E-state index < -0.39 is 0 Å². The third kappa shape index (κ3) is 4.33. The van der Waals surface area contributed by atoms with Gasteiger partial charge in [0, 0.05) is 45.3 Å². The number of carbonyl (C=O) groups excluding carboxylic acids is 1. The number of ether oxygens (including phenoxy) is 1. The molecule has 5 nitrogen and oxygen atoms in total. The Labute approximate surface area is 151 Å². The van der Waals surface area contributed by atoms with Crippen molar-refractivity contribution in [2.24, 2.45) is 0 Å². The molecule has 138 valence electrons. The number of likely N-dealkylation sites (tertiary alicyclic amines) is 1. The molecule has 1 unspecified atom stereocenters. The predicted molar refractivity (Wildman–Crippen MR) is 99.9 cm³/mol. The van der Waals surface area contributed by atoms with Gasteiger partial charge in [-0.1, -0.05) is 18.2 Å². The van der Waals surface area contributed by atoms with Crippen LogP contribution in [0.3, 0.4) is 0 Å². The molecule has 0 bridgehead atoms. The van der Waals surface area contributed by atoms with Crippen LogP contribution in [0.25, 0.3) is 0 Å². The van der Waals surface area contributed by atoms with Crippen molar-refractivity contribution in [3.8, 4) is 5.75 Å². The van der Waals surface area contributed by atoms with E-state index in [0.717, 1.165) is 51.4 Å². The highest BCUT2D eigenvalue weighted by Crippen LogP contribution is 2.21. The van der Waals surface area contributed by atoms with E-state index in [9.17, 15) is 4.79 Å². The van der Waals surface area contributed by atoms with Gasteiger partial charge < -0.3 is 9.64 Å². The molecular formula is C20H31N3O2. The van der Waals surface area contributed by atoms with Crippen molar-refractivity contribution in [2.75, 3.05) is 45.9 Å². The Hall–Kier alpha value is -1.59. The van der Waals surface area contributed by atoms with Gasteiger partial charge in [-0.2, -0.15) is 0 Å². The van der Waals surface area contributed by atoms with Gasteiger partial charge in [-0.3, -0.25) is 14.6 Å². The second-order valence-corrected chi connectivity index (χ2v) is 7.42. The number of hydrogen-bond acceptors (Lipinski definition) is 4. The molecule has 5 heteroatoms. The summed E-state index contributed by atoms with van der Waals surface area (Å²) in [5.74, 6) is 1.30. The Morgan fingerprint density at radius 3 is 2.48 bits per heavy atom. The van der Waals surface area contributed by atoms with E-state index in [0.29, 0.717) is 18.6 Å². The van der Waals surface area contributed by atoms with Crippen LogP contribution in [-0.2, 0) is 4.79 Å². The van der Waals surface area contributed by atoms with Gasteiger partial charge in [0.2, 0.25) is 5.91 Å². The summed E-state index contributed by atoms with van der Waals surface area (Å²) in [5.41, 5.74) is 1.18. The molecule has 0 aromatic heterocycles. The normalized spacial score (nSPS) is 22.8. The van der Waals surface area contributed by atoms with Crippen molar-refractivity contribution >= 4 is 5.91 Å². The number of rotatable bonds is 6. The second kappa shape index (κ2) is 8.19. The Morgan fingerprint density at radius 1 is 1.12 bits per heavy atom. The summed E-state index contributed by atoms with van der Waals surface area (Å²) >= 11 is 0. The Balaban J connectivity index is 1.40. The molecule has 0 radical (unpaired) electrons. The fourth-order valence-electron chi connectivity index (χ4n) is 3.84. The average Bonchev–Trinajstić information content (AvgIpc) is 2.99. The SMILES string of the molecule is Cc1ccccc1OCCN1CCN(C2CCN(C(C)C)C2=O)CC1. The highest BCUT2D eigenvalue weighted by atomic mass is 16.5. The van der Waals surface area contributed by atoms with Crippen molar-refractivity contribution in [3.63, 3.8) is 0 Å². The molecule has 25 heavy (non-hydrogen) atoms. The summed E-state index contributed by atoms with van der Waals surface area (Å²) in [6.45, 7) is 12.8. The number of benzene rings is 1. The number of aryl methyl sites for hydroxylation is 1. The molecule has 2 aliphatic rings. The zero-order valence-corrected chi connectivity index (χ0v) is 15.8. The maximum Gasteiger partial charge on any atom is 0.240 e. The fraction of sp³-hybridized carbons (Fsp3) is 0.650. The molecule has 1 aromatic carbocycles. The molecule has 2 fully saturated rings. The molecule has 3 rings (SSSR count). The molecule has 0 aliphatic carbocycles. The van der Waals surface area contributed by atoms with Crippen LogP contribution >= 0.6 is 0 Å². The first-order chi connectivity index (χ1) is 12.1. The van der Waals surface area contributed by atoms with Crippen LogP contribution < -0.4 is 4.74 Å². The van der Waals surface area contributed by atoms with Gasteiger partial charge in [-0.25, -0.2) is 0 Å². The minimum absolute atomic E-state index is 0.104. The third-order valence-corrected chi connectivity index (χ3v) is 5.44. The van der Waals surface area contributed by atoms with Crippen LogP contribution in [0.5, 0.6) is 5.75 Å². The maximum absolute atomic E-state index is 12.5. The van der Waals surface area contributed by atoms with Crippen molar-refractivity contribution in [1.29, 1.82) is 0 Å². The molecule has 1 aromatic rings. The van der Waals surface area contributed by atoms with Gasteiger partial charge in [-0.15, -0.1) is 0 Å². The number of carbonyl (C=O) groups is 1. The average molecular weight is 345 g/mol. The maximum atomic E-state index is 12.5. The number of piperazine rings is 1. The molecule has 2 saturated heterocycles. The highest BCUT2D eigenvalue weighted by Gasteiger charge is 2.37. The molecule has 2 heterocycles. The Kier molecular flexibility index (Phi) is 5.97. The van der Waals surface area contributed by atoms with Crippen molar-refractivity contribution in [2.45, 2.75) is 39.3 Å². The lowest BCUT2D eigenvalue weighted by molar-refractivity contribution is -0.134. The van der Waals surface area contributed by atoms with Gasteiger partial charge >= 0.3 is 0 Å². The van der Waals surface area contributed by atoms with Crippen LogP contribution in [0.1, 0.15) is 25.8 Å². The molecule has 0 N–H and O–H groups in total. The van der Waals surface area contributed by atoms with Crippen molar-refractivity contribution in [1.82, 2.24) is 14.7 Å². The predicted octanol–water partition coefficient (Wildman–Crippen LogP) is 2.00. The molecule has 0 spiro atoms. The highest BCUT2D eigenvalue weighted by molar-refractivity contribution is 5.84. The van der Waals surface area contributed by atoms with Gasteiger partial charge in [0.05, 0.1) is 6.04 Å². The molecular weight excluding hydrogens is 314 g/mol. The lowest BCUT2D eigenvalue weighted by atomic mass is 10.2. The molecule has 0 saturated carbocycles. The summed E-state index contributed by atoms with van der Waals surface area (Å²) in [7, 11) is 0. The van der Waals surface area contributed by atoms with Gasteiger partial charge in [0.15, 0.2) is 0 Å². The largest absolute Gasteiger partial charge is 0.492 e. The van der Waals surface area contributed by atoms with Gasteiger partial charge in [0.1, 0.15) is 12.4 Å². The standard InChI is InChI=1S/C20H31N3O2/c1-16(2)23-9-8-18(20(23)24)22-12-10-21(11-13-22)14-15-25-19-7-5-4-6-17(19)3/h4-7,16,18H,8-15H2,1-3H3. The van der Waals surface area contributed by atoms with Gasteiger partial charge in [0.25, 0.3) is 0 Å². The zero-order valence-electron chi connectivity index (χ0n) is 15.8. The monoisotopic (exact) mass is 345 g/mol. The van der Waals surface area contributed by atoms with Crippen LogP contribution in [0.4, 0.5) is 0 Å². The topological polar surface area (TPSA) is 36.0 Å². The van der Waals surface area contributed by atoms with E-state index >= 15 is 0 Å². The number of nitrogens with zero attached hydrogens (tertiary/aromatic N) is 3. The first kappa shape index (κ1) is 18.2. The Morgan fingerprint density at radius 2 is 1.84 bits per heavy atom. The van der Waals surface area contributed by atoms with Crippen LogP contribution in [0.2, 0.25) is 0 Å². The van der Waals surface area contributed by atoms with E-state index in [1.807, 2.05) is 23.1 Å². The van der Waals surface area contributed by atoms with E-state index in [2.05, 4.69) is 36.6 Å². The summed E-state index contributed by atoms with van der Waals surface area (Å²) in [4.78, 5) is 19.4. The van der Waals surface area contributed by atoms with Crippen molar-refractivity contribution in [3.05, 3.63) is 29.8 Å². The lowest BCUT2D eigenvalue weighted by Crippen LogP contribution is -2.53. The lowest BCUT2D eigenvalue weighted by Gasteiger charge is -2.37. The van der Waals surface area contributed by atoms with Crippen LogP contribution in [-0.4, -0.2) is 78.6 Å². The van der Waals surface area contributed by atoms with Crippen molar-refractivity contribution < 1.29 is 9.53 Å². The number of amides is 1. The minimum Gasteiger partial charge on any atom is -0.492 e. The molecule has 1 amide bonds. The summed E-state index contributed by atoms with van der Waals surface area (Å²) in [6, 6.07) is 8.57. The third-order valence-electron chi connectivity index (χ3n) is 5.44. The molecule has 2 aliphatic heterocycles. The first-order valence-electron chi connectivity index (χ1n) is 9.51. The van der Waals surface area contributed by atoms with E-state index in [1.54, 1.807) is 0 Å². The number of para-hydroxylation sites is 1. The van der Waals surface area contributed by atoms with Crippen LogP contribution in [0, 0.1) is 6.92 Å².